The lowest BCUT2D eigenvalue weighted by Gasteiger charge is -2.33. The maximum absolute atomic E-state index is 5.05. The van der Waals surface area contributed by atoms with E-state index in [4.69, 9.17) is 4.74 Å². The first-order chi connectivity index (χ1) is 9.29. The summed E-state index contributed by atoms with van der Waals surface area (Å²) in [5, 5.41) is 3.47. The summed E-state index contributed by atoms with van der Waals surface area (Å²) in [5.41, 5.74) is 1.10. The Bertz CT molecular complexity index is 383. The molecule has 0 bridgehead atoms. The number of piperidine rings is 1. The number of pyridine rings is 1. The van der Waals surface area contributed by atoms with Crippen molar-refractivity contribution in [3.05, 3.63) is 23.9 Å². The normalized spacial score (nSPS) is 19.7. The summed E-state index contributed by atoms with van der Waals surface area (Å²) in [6.07, 6.45) is 2.56. The number of rotatable bonds is 6. The van der Waals surface area contributed by atoms with Gasteiger partial charge in [-0.15, -0.1) is 0 Å². The van der Waals surface area contributed by atoms with Gasteiger partial charge in [-0.3, -0.25) is 0 Å². The second-order valence-electron chi connectivity index (χ2n) is 5.29. The van der Waals surface area contributed by atoms with E-state index < -0.39 is 0 Å². The number of nitrogens with one attached hydrogen (secondary N) is 1. The van der Waals surface area contributed by atoms with Crippen LogP contribution >= 0.6 is 0 Å². The van der Waals surface area contributed by atoms with Gasteiger partial charge in [-0.05, 0) is 44.4 Å². The lowest BCUT2D eigenvalue weighted by atomic mass is 9.98. The third-order valence-corrected chi connectivity index (χ3v) is 3.63. The topological polar surface area (TPSA) is 37.4 Å². The van der Waals surface area contributed by atoms with E-state index in [0.29, 0.717) is 5.92 Å². The highest BCUT2D eigenvalue weighted by Crippen LogP contribution is 2.21. The fourth-order valence-corrected chi connectivity index (χ4v) is 2.62. The van der Waals surface area contributed by atoms with Crippen molar-refractivity contribution in [3.63, 3.8) is 0 Å². The van der Waals surface area contributed by atoms with Crippen LogP contribution in [0.3, 0.4) is 0 Å². The highest BCUT2D eigenvalue weighted by Gasteiger charge is 2.20. The van der Waals surface area contributed by atoms with Crippen molar-refractivity contribution < 1.29 is 4.74 Å². The van der Waals surface area contributed by atoms with Gasteiger partial charge in [-0.2, -0.15) is 0 Å². The Kier molecular flexibility index (Phi) is 5.61. The van der Waals surface area contributed by atoms with Crippen LogP contribution in [0.25, 0.3) is 0 Å². The molecule has 1 unspecified atom stereocenters. The molecule has 1 atom stereocenters. The summed E-state index contributed by atoms with van der Waals surface area (Å²) in [6.45, 7) is 7.09. The van der Waals surface area contributed by atoms with Crippen LogP contribution in [0.4, 0.5) is 5.82 Å². The van der Waals surface area contributed by atoms with Crippen molar-refractivity contribution >= 4 is 5.82 Å². The molecule has 1 aromatic rings. The number of aromatic nitrogens is 1. The zero-order valence-electron chi connectivity index (χ0n) is 12.1. The van der Waals surface area contributed by atoms with Crippen LogP contribution in [0.2, 0.25) is 0 Å². The fourth-order valence-electron chi connectivity index (χ4n) is 2.62. The number of anilines is 1. The summed E-state index contributed by atoms with van der Waals surface area (Å²) < 4.78 is 5.05. The molecule has 19 heavy (non-hydrogen) atoms. The van der Waals surface area contributed by atoms with Gasteiger partial charge in [0.1, 0.15) is 5.82 Å². The summed E-state index contributed by atoms with van der Waals surface area (Å²) in [4.78, 5) is 7.04. The highest BCUT2D eigenvalue weighted by molar-refractivity contribution is 5.39. The van der Waals surface area contributed by atoms with E-state index in [9.17, 15) is 0 Å². The Hall–Kier alpha value is -1.13. The average Bonchev–Trinajstić information content (AvgIpc) is 2.44. The predicted octanol–water partition coefficient (Wildman–Crippen LogP) is 1.84. The molecule has 1 aliphatic heterocycles. The molecular formula is C15H25N3O. The van der Waals surface area contributed by atoms with Crippen LogP contribution in [-0.4, -0.2) is 44.9 Å². The second kappa shape index (κ2) is 7.46. The molecule has 1 fully saturated rings. The minimum absolute atomic E-state index is 0.716. The molecule has 0 spiro atoms. The number of hydrogen-bond donors (Lipinski definition) is 1. The smallest absolute Gasteiger partial charge is 0.128 e. The summed E-state index contributed by atoms with van der Waals surface area (Å²) in [6, 6.07) is 6.27. The van der Waals surface area contributed by atoms with Crippen LogP contribution in [0, 0.1) is 12.8 Å². The molecule has 106 valence electrons. The van der Waals surface area contributed by atoms with E-state index in [1.807, 2.05) is 0 Å². The summed E-state index contributed by atoms with van der Waals surface area (Å²) >= 11 is 0. The molecule has 1 N–H and O–H groups in total. The van der Waals surface area contributed by atoms with Crippen molar-refractivity contribution in [2.75, 3.05) is 44.8 Å². The van der Waals surface area contributed by atoms with Crippen molar-refractivity contribution in [1.82, 2.24) is 10.3 Å². The monoisotopic (exact) mass is 263 g/mol. The fraction of sp³-hybridized carbons (Fsp3) is 0.667. The molecule has 0 amide bonds. The average molecular weight is 263 g/mol. The molecule has 0 aliphatic carbocycles. The molecule has 2 heterocycles. The minimum Gasteiger partial charge on any atom is -0.383 e. The predicted molar refractivity (Wildman–Crippen MR) is 78.7 cm³/mol. The maximum atomic E-state index is 5.05. The number of nitrogens with zero attached hydrogens (tertiary/aromatic N) is 2. The Morgan fingerprint density at radius 1 is 1.47 bits per heavy atom. The van der Waals surface area contributed by atoms with Gasteiger partial charge in [0, 0.05) is 32.4 Å². The molecule has 0 radical (unpaired) electrons. The van der Waals surface area contributed by atoms with Crippen LogP contribution in [0.15, 0.2) is 18.2 Å². The summed E-state index contributed by atoms with van der Waals surface area (Å²) in [7, 11) is 1.74. The molecule has 2 rings (SSSR count). The summed E-state index contributed by atoms with van der Waals surface area (Å²) in [5.74, 6) is 1.84. The van der Waals surface area contributed by atoms with E-state index in [1.165, 1.54) is 12.8 Å². The van der Waals surface area contributed by atoms with E-state index in [0.717, 1.165) is 44.3 Å². The highest BCUT2D eigenvalue weighted by atomic mass is 16.5. The SMILES string of the molecule is COCCNCC1CCCN(c2cccc(C)n2)C1. The minimum atomic E-state index is 0.716. The quantitative estimate of drug-likeness (QED) is 0.795. The first kappa shape index (κ1) is 14.3. The van der Waals surface area contributed by atoms with Gasteiger partial charge in [0.15, 0.2) is 0 Å². The van der Waals surface area contributed by atoms with E-state index in [2.05, 4.69) is 40.3 Å². The molecule has 0 aromatic carbocycles. The molecule has 1 aliphatic rings. The van der Waals surface area contributed by atoms with Gasteiger partial charge in [0.25, 0.3) is 0 Å². The number of methoxy groups -OCH3 is 1. The van der Waals surface area contributed by atoms with Gasteiger partial charge in [-0.25, -0.2) is 4.98 Å². The number of ether oxygens (including phenoxy) is 1. The van der Waals surface area contributed by atoms with E-state index >= 15 is 0 Å². The second-order valence-corrected chi connectivity index (χ2v) is 5.29. The van der Waals surface area contributed by atoms with Gasteiger partial charge in [0.2, 0.25) is 0 Å². The van der Waals surface area contributed by atoms with E-state index in [1.54, 1.807) is 7.11 Å². The zero-order chi connectivity index (χ0) is 13.5. The Morgan fingerprint density at radius 2 is 2.37 bits per heavy atom. The van der Waals surface area contributed by atoms with Crippen LogP contribution in [-0.2, 0) is 4.74 Å². The Balaban J connectivity index is 1.83. The first-order valence-electron chi connectivity index (χ1n) is 7.18. The maximum Gasteiger partial charge on any atom is 0.128 e. The van der Waals surface area contributed by atoms with Crippen molar-refractivity contribution in [3.8, 4) is 0 Å². The first-order valence-corrected chi connectivity index (χ1v) is 7.18. The standard InChI is InChI=1S/C15H25N3O/c1-13-5-3-7-15(17-13)18-9-4-6-14(12-18)11-16-8-10-19-2/h3,5,7,14,16H,4,6,8-12H2,1-2H3. The van der Waals surface area contributed by atoms with E-state index in [-0.39, 0.29) is 0 Å². The molecule has 4 heteroatoms. The van der Waals surface area contributed by atoms with Crippen molar-refractivity contribution in [2.45, 2.75) is 19.8 Å². The van der Waals surface area contributed by atoms with Crippen LogP contribution in [0.5, 0.6) is 0 Å². The van der Waals surface area contributed by atoms with Crippen molar-refractivity contribution in [2.24, 2.45) is 5.92 Å². The van der Waals surface area contributed by atoms with Gasteiger partial charge in [-0.1, -0.05) is 6.07 Å². The Labute approximate surface area is 116 Å². The van der Waals surface area contributed by atoms with Gasteiger partial charge in [0.05, 0.1) is 6.61 Å². The molecule has 1 aromatic heterocycles. The lowest BCUT2D eigenvalue weighted by Crippen LogP contribution is -2.40. The van der Waals surface area contributed by atoms with Crippen molar-refractivity contribution in [1.29, 1.82) is 0 Å². The third kappa shape index (κ3) is 4.48. The molecule has 4 nitrogen and oxygen atoms in total. The lowest BCUT2D eigenvalue weighted by molar-refractivity contribution is 0.197. The third-order valence-electron chi connectivity index (χ3n) is 3.63. The van der Waals surface area contributed by atoms with Gasteiger partial charge >= 0.3 is 0 Å². The Morgan fingerprint density at radius 3 is 3.16 bits per heavy atom. The molecular weight excluding hydrogens is 238 g/mol. The molecule has 1 saturated heterocycles. The van der Waals surface area contributed by atoms with Crippen LogP contribution in [0.1, 0.15) is 18.5 Å². The van der Waals surface area contributed by atoms with Gasteiger partial charge < -0.3 is 15.0 Å². The molecule has 0 saturated carbocycles. The largest absolute Gasteiger partial charge is 0.383 e. The van der Waals surface area contributed by atoms with Crippen LogP contribution < -0.4 is 10.2 Å². The number of hydrogen-bond acceptors (Lipinski definition) is 4. The number of aryl methyl sites for hydroxylation is 1. The zero-order valence-corrected chi connectivity index (χ0v) is 12.1.